The zero-order valence-electron chi connectivity index (χ0n) is 10.8. The molecule has 19 heavy (non-hydrogen) atoms. The fourth-order valence-corrected chi connectivity index (χ4v) is 2.22. The molecule has 0 spiro atoms. The van der Waals surface area contributed by atoms with Crippen LogP contribution >= 0.6 is 0 Å². The SMILES string of the molecule is CN(C(=O)c1c[nH]c(C#N)c1)C1CCCCNC1=O. The zero-order valence-corrected chi connectivity index (χ0v) is 10.8. The van der Waals surface area contributed by atoms with E-state index in [1.807, 2.05) is 6.07 Å². The van der Waals surface area contributed by atoms with Gasteiger partial charge >= 0.3 is 0 Å². The van der Waals surface area contributed by atoms with Crippen molar-refractivity contribution < 1.29 is 9.59 Å². The normalized spacial score (nSPS) is 19.2. The Morgan fingerprint density at radius 2 is 2.32 bits per heavy atom. The number of rotatable bonds is 2. The molecule has 1 unspecified atom stereocenters. The van der Waals surface area contributed by atoms with Gasteiger partial charge in [0.15, 0.2) is 0 Å². The number of carbonyl (C=O) groups excluding carboxylic acids is 2. The fraction of sp³-hybridized carbons (Fsp3) is 0.462. The van der Waals surface area contributed by atoms with Gasteiger partial charge in [0.1, 0.15) is 17.8 Å². The van der Waals surface area contributed by atoms with E-state index in [0.29, 0.717) is 24.2 Å². The Morgan fingerprint density at radius 1 is 1.53 bits per heavy atom. The molecule has 100 valence electrons. The molecular weight excluding hydrogens is 244 g/mol. The molecule has 6 nitrogen and oxygen atoms in total. The Labute approximate surface area is 111 Å². The minimum atomic E-state index is -0.435. The maximum absolute atomic E-state index is 12.2. The van der Waals surface area contributed by atoms with Gasteiger partial charge in [-0.15, -0.1) is 0 Å². The molecule has 2 heterocycles. The molecule has 1 aromatic rings. The summed E-state index contributed by atoms with van der Waals surface area (Å²) in [6.07, 6.45) is 4.01. The second-order valence-electron chi connectivity index (χ2n) is 4.63. The summed E-state index contributed by atoms with van der Waals surface area (Å²) in [7, 11) is 1.62. The highest BCUT2D eigenvalue weighted by Crippen LogP contribution is 2.14. The van der Waals surface area contributed by atoms with Crippen LogP contribution in [0.25, 0.3) is 0 Å². The van der Waals surface area contributed by atoms with Gasteiger partial charge in [-0.25, -0.2) is 0 Å². The molecule has 0 radical (unpaired) electrons. The topological polar surface area (TPSA) is 89.0 Å². The number of nitrogens with one attached hydrogen (secondary N) is 2. The van der Waals surface area contributed by atoms with E-state index in [4.69, 9.17) is 5.26 Å². The van der Waals surface area contributed by atoms with Crippen LogP contribution in [0.3, 0.4) is 0 Å². The standard InChI is InChI=1S/C13H16N4O2/c1-17(11-4-2-3-5-15-12(11)18)13(19)9-6-10(7-14)16-8-9/h6,8,11,16H,2-5H2,1H3,(H,15,18). The summed E-state index contributed by atoms with van der Waals surface area (Å²) >= 11 is 0. The van der Waals surface area contributed by atoms with Crippen molar-refractivity contribution in [3.05, 3.63) is 23.5 Å². The van der Waals surface area contributed by atoms with E-state index in [-0.39, 0.29) is 11.8 Å². The summed E-state index contributed by atoms with van der Waals surface area (Å²) < 4.78 is 0. The lowest BCUT2D eigenvalue weighted by atomic mass is 10.1. The summed E-state index contributed by atoms with van der Waals surface area (Å²) in [5, 5.41) is 11.5. The van der Waals surface area contributed by atoms with Crippen molar-refractivity contribution in [1.82, 2.24) is 15.2 Å². The van der Waals surface area contributed by atoms with Crippen LogP contribution in [0, 0.1) is 11.3 Å². The van der Waals surface area contributed by atoms with Gasteiger partial charge in [0.2, 0.25) is 5.91 Å². The van der Waals surface area contributed by atoms with E-state index >= 15 is 0 Å². The smallest absolute Gasteiger partial charge is 0.255 e. The molecule has 0 saturated carbocycles. The maximum Gasteiger partial charge on any atom is 0.255 e. The Bertz CT molecular complexity index is 529. The van der Waals surface area contributed by atoms with Crippen molar-refractivity contribution in [3.63, 3.8) is 0 Å². The van der Waals surface area contributed by atoms with E-state index in [9.17, 15) is 9.59 Å². The number of aromatic amines is 1. The van der Waals surface area contributed by atoms with Crippen LogP contribution in [0.4, 0.5) is 0 Å². The first-order chi connectivity index (χ1) is 9.13. The zero-order chi connectivity index (χ0) is 13.8. The third-order valence-electron chi connectivity index (χ3n) is 3.34. The van der Waals surface area contributed by atoms with E-state index < -0.39 is 6.04 Å². The minimum absolute atomic E-state index is 0.107. The summed E-state index contributed by atoms with van der Waals surface area (Å²) in [5.74, 6) is -0.357. The molecular formula is C13H16N4O2. The number of aromatic nitrogens is 1. The molecule has 1 aliphatic heterocycles. The number of amides is 2. The average molecular weight is 260 g/mol. The monoisotopic (exact) mass is 260 g/mol. The third kappa shape index (κ3) is 2.76. The second-order valence-corrected chi connectivity index (χ2v) is 4.63. The van der Waals surface area contributed by atoms with Gasteiger partial charge in [-0.05, 0) is 25.3 Å². The van der Waals surface area contributed by atoms with Crippen LogP contribution in [0.15, 0.2) is 12.3 Å². The lowest BCUT2D eigenvalue weighted by Crippen LogP contribution is -2.46. The van der Waals surface area contributed by atoms with Crippen LogP contribution in [-0.4, -0.2) is 41.3 Å². The van der Waals surface area contributed by atoms with Gasteiger partial charge in [0.25, 0.3) is 5.91 Å². The molecule has 2 amide bonds. The number of carbonyl (C=O) groups is 2. The molecule has 6 heteroatoms. The number of nitriles is 1. The Balaban J connectivity index is 2.13. The van der Waals surface area contributed by atoms with Crippen LogP contribution < -0.4 is 5.32 Å². The predicted molar refractivity (Wildman–Crippen MR) is 68.2 cm³/mol. The highest BCUT2D eigenvalue weighted by atomic mass is 16.2. The van der Waals surface area contributed by atoms with E-state index in [0.717, 1.165) is 12.8 Å². The highest BCUT2D eigenvalue weighted by Gasteiger charge is 2.28. The number of likely N-dealkylation sites (N-methyl/N-ethyl adjacent to an activating group) is 1. The number of nitrogens with zero attached hydrogens (tertiary/aromatic N) is 2. The van der Waals surface area contributed by atoms with Crippen molar-refractivity contribution in [1.29, 1.82) is 5.26 Å². The van der Waals surface area contributed by atoms with Gasteiger partial charge in [-0.2, -0.15) is 5.26 Å². The molecule has 0 aromatic carbocycles. The molecule has 0 bridgehead atoms. The van der Waals surface area contributed by atoms with Gasteiger partial charge in [-0.1, -0.05) is 0 Å². The molecule has 1 fully saturated rings. The first-order valence-corrected chi connectivity index (χ1v) is 6.27. The minimum Gasteiger partial charge on any atom is -0.354 e. The van der Waals surface area contributed by atoms with Gasteiger partial charge in [-0.3, -0.25) is 9.59 Å². The molecule has 1 aromatic heterocycles. The lowest BCUT2D eigenvalue weighted by molar-refractivity contribution is -0.125. The van der Waals surface area contributed by atoms with Crippen molar-refractivity contribution in [3.8, 4) is 6.07 Å². The van der Waals surface area contributed by atoms with Gasteiger partial charge in [0.05, 0.1) is 5.56 Å². The van der Waals surface area contributed by atoms with E-state index in [2.05, 4.69) is 10.3 Å². The number of hydrogen-bond acceptors (Lipinski definition) is 3. The summed E-state index contributed by atoms with van der Waals surface area (Å²) in [6, 6.07) is 2.99. The molecule has 1 atom stereocenters. The van der Waals surface area contributed by atoms with Crippen LogP contribution in [-0.2, 0) is 4.79 Å². The maximum atomic E-state index is 12.2. The highest BCUT2D eigenvalue weighted by molar-refractivity contribution is 5.97. The quantitative estimate of drug-likeness (QED) is 0.817. The fourth-order valence-electron chi connectivity index (χ4n) is 2.22. The first-order valence-electron chi connectivity index (χ1n) is 6.27. The van der Waals surface area contributed by atoms with Gasteiger partial charge in [0, 0.05) is 19.8 Å². The largest absolute Gasteiger partial charge is 0.354 e. The molecule has 2 rings (SSSR count). The predicted octanol–water partition coefficient (Wildman–Crippen LogP) is 0.627. The molecule has 1 saturated heterocycles. The van der Waals surface area contributed by atoms with Crippen molar-refractivity contribution in [2.45, 2.75) is 25.3 Å². The molecule has 1 aliphatic rings. The van der Waals surface area contributed by atoms with Crippen molar-refractivity contribution in [2.24, 2.45) is 0 Å². The van der Waals surface area contributed by atoms with Crippen molar-refractivity contribution in [2.75, 3.05) is 13.6 Å². The molecule has 2 N–H and O–H groups in total. The van der Waals surface area contributed by atoms with Crippen molar-refractivity contribution >= 4 is 11.8 Å². The summed E-state index contributed by atoms with van der Waals surface area (Å²) in [4.78, 5) is 28.3. The Kier molecular flexibility index (Phi) is 3.85. The van der Waals surface area contributed by atoms with Crippen LogP contribution in [0.2, 0.25) is 0 Å². The third-order valence-corrected chi connectivity index (χ3v) is 3.34. The summed E-state index contributed by atoms with van der Waals surface area (Å²) in [6.45, 7) is 0.667. The Hall–Kier alpha value is -2.29. The van der Waals surface area contributed by atoms with Crippen LogP contribution in [0.1, 0.15) is 35.3 Å². The summed E-state index contributed by atoms with van der Waals surface area (Å²) in [5.41, 5.74) is 0.734. The molecule has 0 aliphatic carbocycles. The number of H-pyrrole nitrogens is 1. The van der Waals surface area contributed by atoms with E-state index in [1.54, 1.807) is 7.05 Å². The first kappa shape index (κ1) is 13.1. The second kappa shape index (κ2) is 5.57. The Morgan fingerprint density at radius 3 is 3.00 bits per heavy atom. The van der Waals surface area contributed by atoms with Crippen LogP contribution in [0.5, 0.6) is 0 Å². The number of hydrogen-bond donors (Lipinski definition) is 2. The lowest BCUT2D eigenvalue weighted by Gasteiger charge is -2.25. The van der Waals surface area contributed by atoms with Gasteiger partial charge < -0.3 is 15.2 Å². The average Bonchev–Trinajstić information content (AvgIpc) is 2.80. The van der Waals surface area contributed by atoms with E-state index in [1.165, 1.54) is 17.2 Å².